The molecule has 0 bridgehead atoms. The highest BCUT2D eigenvalue weighted by Crippen LogP contribution is 2.40. The van der Waals surface area contributed by atoms with Crippen LogP contribution in [0.3, 0.4) is 0 Å². The fourth-order valence-corrected chi connectivity index (χ4v) is 5.03. The molecule has 2 amide bonds. The molecule has 3 fully saturated rings. The van der Waals surface area contributed by atoms with Gasteiger partial charge in [0.1, 0.15) is 0 Å². The van der Waals surface area contributed by atoms with Crippen molar-refractivity contribution in [2.45, 2.75) is 50.5 Å². The Hall–Kier alpha value is -2.41. The van der Waals surface area contributed by atoms with E-state index in [1.807, 2.05) is 11.7 Å². The number of carbonyl (C=O) groups is 2. The van der Waals surface area contributed by atoms with Crippen LogP contribution >= 0.6 is 0 Å². The number of hydrogen-bond donors (Lipinski definition) is 3. The number of aryl methyl sites for hydroxylation is 1. The van der Waals surface area contributed by atoms with Gasteiger partial charge in [0, 0.05) is 43.7 Å². The number of rotatable bonds is 3. The van der Waals surface area contributed by atoms with E-state index in [-0.39, 0.29) is 17.7 Å². The van der Waals surface area contributed by atoms with Crippen molar-refractivity contribution in [2.75, 3.05) is 18.4 Å². The van der Waals surface area contributed by atoms with Crippen LogP contribution in [-0.4, -0.2) is 40.7 Å². The summed E-state index contributed by atoms with van der Waals surface area (Å²) in [7, 11) is 1.91. The lowest BCUT2D eigenvalue weighted by molar-refractivity contribution is -0.134. The van der Waals surface area contributed by atoms with Crippen LogP contribution in [0.2, 0.25) is 0 Å². The minimum absolute atomic E-state index is 0.195. The third-order valence-corrected chi connectivity index (χ3v) is 6.87. The second-order valence-electron chi connectivity index (χ2n) is 8.77. The van der Waals surface area contributed by atoms with Crippen LogP contribution in [0.1, 0.15) is 50.1 Å². The molecule has 1 saturated carbocycles. The number of amides is 2. The highest BCUT2D eigenvalue weighted by Gasteiger charge is 2.40. The number of nitrogens with one attached hydrogen (secondary N) is 3. The lowest BCUT2D eigenvalue weighted by Crippen LogP contribution is -2.55. The van der Waals surface area contributed by atoms with Gasteiger partial charge in [-0.15, -0.1) is 0 Å². The van der Waals surface area contributed by atoms with E-state index in [9.17, 15) is 9.59 Å². The Morgan fingerprint density at radius 1 is 1.18 bits per heavy atom. The van der Waals surface area contributed by atoms with Crippen LogP contribution in [0, 0.1) is 5.41 Å². The third kappa shape index (κ3) is 2.98. The van der Waals surface area contributed by atoms with Crippen LogP contribution in [0.4, 0.5) is 5.69 Å². The number of benzene rings is 1. The first kappa shape index (κ1) is 17.7. The molecule has 3 aliphatic rings. The average Bonchev–Trinajstić information content (AvgIpc) is 2.97. The minimum Gasteiger partial charge on any atom is -0.382 e. The van der Waals surface area contributed by atoms with Crippen molar-refractivity contribution >= 4 is 28.4 Å². The molecular weight excluding hydrogens is 354 g/mol. The second-order valence-corrected chi connectivity index (χ2v) is 8.77. The average molecular weight is 381 g/mol. The van der Waals surface area contributed by atoms with Gasteiger partial charge in [-0.25, -0.2) is 0 Å². The van der Waals surface area contributed by atoms with E-state index in [1.54, 1.807) is 0 Å². The largest absolute Gasteiger partial charge is 0.382 e. The molecule has 1 unspecified atom stereocenters. The highest BCUT2D eigenvalue weighted by molar-refractivity contribution is 6.02. The standard InChI is InChI=1S/C21H27N5O2/c1-26-17-10-14(23-13-6-8-21(9-7-13)11-22-12-21)2-3-15(17)19(25-26)16-4-5-18(27)24-20(16)28/h2-3,10,13,16,22-23H,4-9,11-12H2,1H3,(H,24,27,28). The fourth-order valence-electron chi connectivity index (χ4n) is 5.03. The molecule has 5 rings (SSSR count). The summed E-state index contributed by atoms with van der Waals surface area (Å²) < 4.78 is 1.84. The molecule has 3 heterocycles. The van der Waals surface area contributed by atoms with Gasteiger partial charge >= 0.3 is 0 Å². The molecule has 28 heavy (non-hydrogen) atoms. The normalized spacial score (nSPS) is 25.0. The van der Waals surface area contributed by atoms with Crippen molar-refractivity contribution < 1.29 is 9.59 Å². The van der Waals surface area contributed by atoms with Gasteiger partial charge in [-0.3, -0.25) is 19.6 Å². The number of hydrogen-bond acceptors (Lipinski definition) is 5. The maximum Gasteiger partial charge on any atom is 0.235 e. The van der Waals surface area contributed by atoms with E-state index in [0.717, 1.165) is 22.3 Å². The minimum atomic E-state index is -0.356. The van der Waals surface area contributed by atoms with E-state index in [1.165, 1.54) is 38.8 Å². The molecule has 1 spiro atoms. The Balaban J connectivity index is 1.34. The van der Waals surface area contributed by atoms with E-state index >= 15 is 0 Å². The van der Waals surface area contributed by atoms with Gasteiger partial charge in [0.25, 0.3) is 0 Å². The molecule has 148 valence electrons. The molecule has 2 aliphatic heterocycles. The first-order valence-electron chi connectivity index (χ1n) is 10.3. The van der Waals surface area contributed by atoms with Crippen molar-refractivity contribution in [2.24, 2.45) is 12.5 Å². The zero-order chi connectivity index (χ0) is 19.3. The molecular formula is C21H27N5O2. The number of piperidine rings is 1. The van der Waals surface area contributed by atoms with Crippen LogP contribution in [0.25, 0.3) is 10.9 Å². The number of aromatic nitrogens is 2. The number of carbonyl (C=O) groups excluding carboxylic acids is 2. The van der Waals surface area contributed by atoms with Crippen LogP contribution in [-0.2, 0) is 16.6 Å². The molecule has 1 aromatic carbocycles. The zero-order valence-electron chi connectivity index (χ0n) is 16.3. The molecule has 1 aromatic heterocycles. The Bertz CT molecular complexity index is 936. The van der Waals surface area contributed by atoms with E-state index < -0.39 is 0 Å². The van der Waals surface area contributed by atoms with Crippen molar-refractivity contribution in [3.05, 3.63) is 23.9 Å². The van der Waals surface area contributed by atoms with Crippen LogP contribution < -0.4 is 16.0 Å². The first-order valence-corrected chi connectivity index (χ1v) is 10.3. The summed E-state index contributed by atoms with van der Waals surface area (Å²) in [5.74, 6) is -0.786. The van der Waals surface area contributed by atoms with Crippen LogP contribution in [0.15, 0.2) is 18.2 Å². The van der Waals surface area contributed by atoms with Gasteiger partial charge in [-0.05, 0) is 55.7 Å². The summed E-state index contributed by atoms with van der Waals surface area (Å²) in [6, 6.07) is 6.80. The van der Waals surface area contributed by atoms with Gasteiger partial charge in [0.15, 0.2) is 0 Å². The summed E-state index contributed by atoms with van der Waals surface area (Å²) in [6.07, 6.45) is 5.91. The second kappa shape index (κ2) is 6.58. The Kier molecular flexibility index (Phi) is 4.16. The van der Waals surface area contributed by atoms with Crippen molar-refractivity contribution in [3.8, 4) is 0 Å². The fraction of sp³-hybridized carbons (Fsp3) is 0.571. The van der Waals surface area contributed by atoms with Gasteiger partial charge in [-0.1, -0.05) is 0 Å². The Morgan fingerprint density at radius 2 is 1.96 bits per heavy atom. The van der Waals surface area contributed by atoms with Crippen molar-refractivity contribution in [3.63, 3.8) is 0 Å². The molecule has 2 aromatic rings. The topological polar surface area (TPSA) is 88.0 Å². The lowest BCUT2D eigenvalue weighted by Gasteiger charge is -2.47. The van der Waals surface area contributed by atoms with Gasteiger partial charge in [0.2, 0.25) is 11.8 Å². The summed E-state index contributed by atoms with van der Waals surface area (Å²) >= 11 is 0. The van der Waals surface area contributed by atoms with Gasteiger partial charge in [0.05, 0.1) is 17.1 Å². The third-order valence-electron chi connectivity index (χ3n) is 6.87. The summed E-state index contributed by atoms with van der Waals surface area (Å²) in [4.78, 5) is 23.7. The molecule has 7 nitrogen and oxygen atoms in total. The summed E-state index contributed by atoms with van der Waals surface area (Å²) in [5, 5.41) is 15.2. The first-order chi connectivity index (χ1) is 13.5. The predicted octanol–water partition coefficient (Wildman–Crippen LogP) is 2.04. The summed E-state index contributed by atoms with van der Waals surface area (Å²) in [5.41, 5.74) is 3.46. The molecule has 1 atom stereocenters. The van der Waals surface area contributed by atoms with E-state index in [0.29, 0.717) is 24.3 Å². The zero-order valence-corrected chi connectivity index (χ0v) is 16.3. The summed E-state index contributed by atoms with van der Waals surface area (Å²) in [6.45, 7) is 2.37. The molecule has 7 heteroatoms. The number of anilines is 1. The predicted molar refractivity (Wildman–Crippen MR) is 107 cm³/mol. The van der Waals surface area contributed by atoms with E-state index in [2.05, 4.69) is 39.2 Å². The molecule has 2 saturated heterocycles. The monoisotopic (exact) mass is 381 g/mol. The number of fused-ring (bicyclic) bond motifs is 1. The number of nitrogens with zero attached hydrogens (tertiary/aromatic N) is 2. The Morgan fingerprint density at radius 3 is 2.64 bits per heavy atom. The maximum atomic E-state index is 12.3. The quantitative estimate of drug-likeness (QED) is 0.708. The molecule has 0 radical (unpaired) electrons. The smallest absolute Gasteiger partial charge is 0.235 e. The molecule has 1 aliphatic carbocycles. The maximum absolute atomic E-state index is 12.3. The van der Waals surface area contributed by atoms with Crippen molar-refractivity contribution in [1.82, 2.24) is 20.4 Å². The number of imide groups is 1. The van der Waals surface area contributed by atoms with Crippen molar-refractivity contribution in [1.29, 1.82) is 0 Å². The van der Waals surface area contributed by atoms with Gasteiger partial charge in [-0.2, -0.15) is 5.10 Å². The van der Waals surface area contributed by atoms with E-state index in [4.69, 9.17) is 0 Å². The Labute approximate surface area is 164 Å². The van der Waals surface area contributed by atoms with Crippen LogP contribution in [0.5, 0.6) is 0 Å². The SMILES string of the molecule is Cn1nc(C2CCC(=O)NC2=O)c2ccc(NC3CCC4(CC3)CNC4)cc21. The van der Waals surface area contributed by atoms with Gasteiger partial charge < -0.3 is 10.6 Å². The highest BCUT2D eigenvalue weighted by atomic mass is 16.2. The molecule has 3 N–H and O–H groups in total. The lowest BCUT2D eigenvalue weighted by atomic mass is 9.68.